The monoisotopic (exact) mass is 189 g/mol. The molecule has 0 amide bonds. The molecule has 1 heterocycles. The van der Waals surface area contributed by atoms with E-state index in [9.17, 15) is 0 Å². The second kappa shape index (κ2) is 2.41. The molecule has 0 bridgehead atoms. The van der Waals surface area contributed by atoms with Crippen molar-refractivity contribution in [1.29, 1.82) is 0 Å². The van der Waals surface area contributed by atoms with Crippen LogP contribution < -0.4 is 0 Å². The third kappa shape index (κ3) is 1.78. The molecule has 0 aromatic rings. The van der Waals surface area contributed by atoms with E-state index in [1.807, 2.05) is 0 Å². The van der Waals surface area contributed by atoms with E-state index in [1.54, 1.807) is 0 Å². The fourth-order valence-corrected chi connectivity index (χ4v) is 1.51. The quantitative estimate of drug-likeness (QED) is 0.562. The number of hydrogen-bond acceptors (Lipinski definition) is 1. The highest BCUT2D eigenvalue weighted by atomic mass is 79.9. The molecule has 1 aliphatic heterocycles. The van der Waals surface area contributed by atoms with Gasteiger partial charge >= 0.3 is 0 Å². The Morgan fingerprint density at radius 2 is 2.44 bits per heavy atom. The van der Waals surface area contributed by atoms with Gasteiger partial charge in [0, 0.05) is 17.0 Å². The molecule has 1 rings (SSSR count). The highest BCUT2D eigenvalue weighted by molar-refractivity contribution is 9.09. The fourth-order valence-electron chi connectivity index (χ4n) is 1.11. The average Bonchev–Trinajstić information content (AvgIpc) is 2.10. The van der Waals surface area contributed by atoms with Gasteiger partial charge in [-0.1, -0.05) is 29.8 Å². The Morgan fingerprint density at radius 1 is 1.78 bits per heavy atom. The first-order chi connectivity index (χ1) is 4.14. The van der Waals surface area contributed by atoms with Crippen LogP contribution in [-0.2, 0) is 0 Å². The van der Waals surface area contributed by atoms with E-state index in [1.165, 1.54) is 6.42 Å². The Labute approximate surface area is 64.7 Å². The molecule has 0 N–H and O–H groups in total. The lowest BCUT2D eigenvalue weighted by molar-refractivity contribution is 0.486. The first-order valence-electron chi connectivity index (χ1n) is 3.24. The van der Waals surface area contributed by atoms with Crippen LogP contribution in [0.25, 0.3) is 0 Å². The molecule has 1 unspecified atom stereocenters. The predicted molar refractivity (Wildman–Crippen MR) is 44.5 cm³/mol. The lowest BCUT2D eigenvalue weighted by atomic mass is 9.91. The van der Waals surface area contributed by atoms with E-state index in [-0.39, 0.29) is 0 Å². The van der Waals surface area contributed by atoms with Crippen molar-refractivity contribution >= 4 is 22.1 Å². The molecule has 1 atom stereocenters. The molecule has 0 aromatic carbocycles. The van der Waals surface area contributed by atoms with Crippen LogP contribution in [0.15, 0.2) is 4.99 Å². The Bertz CT molecular complexity index is 129. The van der Waals surface area contributed by atoms with Crippen LogP contribution in [0.4, 0.5) is 0 Å². The molecule has 0 aliphatic carbocycles. The van der Waals surface area contributed by atoms with Gasteiger partial charge in [0.2, 0.25) is 0 Å². The molecule has 0 fully saturated rings. The number of aliphatic imine (C=N–C) groups is 1. The molecule has 1 aliphatic rings. The summed E-state index contributed by atoms with van der Waals surface area (Å²) in [5, 5.41) is 1.01. The molecule has 0 saturated heterocycles. The minimum atomic E-state index is 0.346. The molecular weight excluding hydrogens is 178 g/mol. The van der Waals surface area contributed by atoms with Crippen molar-refractivity contribution in [3.63, 3.8) is 0 Å². The zero-order valence-electron chi connectivity index (χ0n) is 5.89. The molecule has 0 radical (unpaired) electrons. The van der Waals surface area contributed by atoms with Crippen molar-refractivity contribution in [3.8, 4) is 0 Å². The molecule has 2 heteroatoms. The summed E-state index contributed by atoms with van der Waals surface area (Å²) in [4.78, 5) is 4.34. The molecule has 0 aromatic heterocycles. The van der Waals surface area contributed by atoms with Crippen LogP contribution in [-0.4, -0.2) is 17.6 Å². The number of rotatable bonds is 1. The summed E-state index contributed by atoms with van der Waals surface area (Å²) >= 11 is 3.41. The van der Waals surface area contributed by atoms with E-state index >= 15 is 0 Å². The Balaban J connectivity index is 2.50. The number of alkyl halides is 1. The van der Waals surface area contributed by atoms with Crippen LogP contribution in [0.5, 0.6) is 0 Å². The van der Waals surface area contributed by atoms with E-state index in [0.29, 0.717) is 11.5 Å². The first kappa shape index (κ1) is 7.26. The van der Waals surface area contributed by atoms with Crippen LogP contribution in [0.2, 0.25) is 0 Å². The van der Waals surface area contributed by atoms with E-state index in [4.69, 9.17) is 0 Å². The maximum atomic E-state index is 4.34. The first-order valence-corrected chi connectivity index (χ1v) is 4.36. The summed E-state index contributed by atoms with van der Waals surface area (Å²) in [6.45, 7) is 4.44. The third-order valence-electron chi connectivity index (χ3n) is 1.57. The maximum Gasteiger partial charge on any atom is 0.0601 e. The van der Waals surface area contributed by atoms with Crippen molar-refractivity contribution in [2.45, 2.75) is 26.3 Å². The summed E-state index contributed by atoms with van der Waals surface area (Å²) in [5.74, 6) is 0. The molecule has 9 heavy (non-hydrogen) atoms. The Morgan fingerprint density at radius 3 is 2.67 bits per heavy atom. The number of halogens is 1. The number of nitrogens with zero attached hydrogens (tertiary/aromatic N) is 1. The minimum Gasteiger partial charge on any atom is -0.293 e. The standard InChI is InChI=1S/C7H12BrN/c1-7(2)3-6(4-8)9-5-7/h5-6H,3-4H2,1-2H3. The van der Waals surface area contributed by atoms with Crippen molar-refractivity contribution < 1.29 is 0 Å². The second-order valence-corrected chi connectivity index (χ2v) is 3.93. The van der Waals surface area contributed by atoms with Crippen molar-refractivity contribution in [2.75, 3.05) is 5.33 Å². The van der Waals surface area contributed by atoms with E-state index in [2.05, 4.69) is 41.0 Å². The average molecular weight is 190 g/mol. The second-order valence-electron chi connectivity index (χ2n) is 3.28. The van der Waals surface area contributed by atoms with E-state index in [0.717, 1.165) is 5.33 Å². The molecular formula is C7H12BrN. The van der Waals surface area contributed by atoms with Gasteiger partial charge in [0.15, 0.2) is 0 Å². The fraction of sp³-hybridized carbons (Fsp3) is 0.857. The van der Waals surface area contributed by atoms with Gasteiger partial charge in [0.1, 0.15) is 0 Å². The van der Waals surface area contributed by atoms with Gasteiger partial charge in [0.25, 0.3) is 0 Å². The van der Waals surface area contributed by atoms with Crippen LogP contribution in [0, 0.1) is 5.41 Å². The summed E-state index contributed by atoms with van der Waals surface area (Å²) in [5.41, 5.74) is 0.346. The van der Waals surface area contributed by atoms with Crippen LogP contribution in [0.1, 0.15) is 20.3 Å². The zero-order valence-corrected chi connectivity index (χ0v) is 7.48. The Hall–Kier alpha value is 0.150. The third-order valence-corrected chi connectivity index (χ3v) is 2.32. The van der Waals surface area contributed by atoms with Gasteiger partial charge in [-0.15, -0.1) is 0 Å². The zero-order chi connectivity index (χ0) is 6.91. The normalized spacial score (nSPS) is 31.2. The van der Waals surface area contributed by atoms with Gasteiger partial charge in [-0.05, 0) is 6.42 Å². The SMILES string of the molecule is CC1(C)C=NC(CBr)C1. The number of hydrogen-bond donors (Lipinski definition) is 0. The van der Waals surface area contributed by atoms with Crippen LogP contribution in [0.3, 0.4) is 0 Å². The predicted octanol–water partition coefficient (Wildman–Crippen LogP) is 2.25. The van der Waals surface area contributed by atoms with Crippen LogP contribution >= 0.6 is 15.9 Å². The molecule has 0 saturated carbocycles. The van der Waals surface area contributed by atoms with Gasteiger partial charge in [-0.2, -0.15) is 0 Å². The van der Waals surface area contributed by atoms with Gasteiger partial charge in [-0.25, -0.2) is 0 Å². The summed E-state index contributed by atoms with van der Waals surface area (Å²) in [6, 6.07) is 0.528. The lowest BCUT2D eigenvalue weighted by Gasteiger charge is -2.12. The summed E-state index contributed by atoms with van der Waals surface area (Å²) < 4.78 is 0. The topological polar surface area (TPSA) is 12.4 Å². The molecule has 52 valence electrons. The highest BCUT2D eigenvalue weighted by Gasteiger charge is 2.25. The largest absolute Gasteiger partial charge is 0.293 e. The highest BCUT2D eigenvalue weighted by Crippen LogP contribution is 2.27. The maximum absolute atomic E-state index is 4.34. The molecule has 1 nitrogen and oxygen atoms in total. The lowest BCUT2D eigenvalue weighted by Crippen LogP contribution is -2.12. The van der Waals surface area contributed by atoms with Crippen molar-refractivity contribution in [1.82, 2.24) is 0 Å². The van der Waals surface area contributed by atoms with Gasteiger partial charge in [0.05, 0.1) is 6.04 Å². The van der Waals surface area contributed by atoms with E-state index < -0.39 is 0 Å². The Kier molecular flexibility index (Phi) is 1.94. The summed E-state index contributed by atoms with van der Waals surface area (Å²) in [7, 11) is 0. The summed E-state index contributed by atoms with van der Waals surface area (Å²) in [6.07, 6.45) is 3.26. The smallest absolute Gasteiger partial charge is 0.0601 e. The van der Waals surface area contributed by atoms with Gasteiger partial charge < -0.3 is 0 Å². The van der Waals surface area contributed by atoms with Crippen molar-refractivity contribution in [2.24, 2.45) is 10.4 Å². The molecule has 0 spiro atoms. The van der Waals surface area contributed by atoms with Crippen molar-refractivity contribution in [3.05, 3.63) is 0 Å². The minimum absolute atomic E-state index is 0.346. The van der Waals surface area contributed by atoms with Gasteiger partial charge in [-0.3, -0.25) is 4.99 Å².